The monoisotopic (exact) mass is 255 g/mol. The molecule has 18 heavy (non-hydrogen) atoms. The molecule has 1 aliphatic heterocycles. The summed E-state index contributed by atoms with van der Waals surface area (Å²) in [7, 11) is 0. The quantitative estimate of drug-likeness (QED) is 0.681. The van der Waals surface area contributed by atoms with E-state index >= 15 is 0 Å². The summed E-state index contributed by atoms with van der Waals surface area (Å²) in [5.41, 5.74) is 5.28. The highest BCUT2D eigenvalue weighted by Crippen LogP contribution is 2.46. The molecule has 1 unspecified atom stereocenters. The number of hydrogen-bond acceptors (Lipinski definition) is 4. The van der Waals surface area contributed by atoms with Gasteiger partial charge in [-0.25, -0.2) is 0 Å². The van der Waals surface area contributed by atoms with Crippen molar-refractivity contribution in [3.63, 3.8) is 0 Å². The van der Waals surface area contributed by atoms with Crippen LogP contribution in [0.2, 0.25) is 0 Å². The van der Waals surface area contributed by atoms with Gasteiger partial charge < -0.3 is 20.7 Å². The number of hydrogen-bond donors (Lipinski definition) is 2. The molecule has 0 bridgehead atoms. The van der Waals surface area contributed by atoms with E-state index in [9.17, 15) is 9.59 Å². The van der Waals surface area contributed by atoms with E-state index in [-0.39, 0.29) is 18.4 Å². The Morgan fingerprint density at radius 2 is 2.22 bits per heavy atom. The normalized spacial score (nSPS) is 25.7. The molecule has 1 atom stereocenters. The van der Waals surface area contributed by atoms with Gasteiger partial charge in [-0.1, -0.05) is 0 Å². The van der Waals surface area contributed by atoms with Gasteiger partial charge in [-0.05, 0) is 19.8 Å². The average molecular weight is 255 g/mol. The molecule has 1 heterocycles. The zero-order valence-electron chi connectivity index (χ0n) is 10.8. The Hall–Kier alpha value is -1.14. The summed E-state index contributed by atoms with van der Waals surface area (Å²) in [6.07, 6.45) is 1.67. The predicted molar refractivity (Wildman–Crippen MR) is 65.7 cm³/mol. The van der Waals surface area contributed by atoms with Crippen molar-refractivity contribution in [2.45, 2.75) is 25.8 Å². The Morgan fingerprint density at radius 1 is 1.50 bits per heavy atom. The van der Waals surface area contributed by atoms with Crippen LogP contribution >= 0.6 is 0 Å². The van der Waals surface area contributed by atoms with Gasteiger partial charge in [0.2, 0.25) is 11.8 Å². The second-order valence-electron chi connectivity index (χ2n) is 4.97. The number of nitrogens with one attached hydrogen (secondary N) is 1. The highest BCUT2D eigenvalue weighted by molar-refractivity contribution is 5.92. The van der Waals surface area contributed by atoms with Crippen LogP contribution in [0.15, 0.2) is 0 Å². The van der Waals surface area contributed by atoms with Crippen molar-refractivity contribution in [3.8, 4) is 0 Å². The molecule has 1 aliphatic carbocycles. The van der Waals surface area contributed by atoms with E-state index in [2.05, 4.69) is 5.32 Å². The number of carbonyl (C=O) groups excluding carboxylic acids is 2. The van der Waals surface area contributed by atoms with E-state index in [1.165, 1.54) is 0 Å². The van der Waals surface area contributed by atoms with Crippen molar-refractivity contribution < 1.29 is 14.3 Å². The molecule has 0 aromatic heterocycles. The average Bonchev–Trinajstić information content (AvgIpc) is 3.19. The first-order chi connectivity index (χ1) is 8.64. The first-order valence-corrected chi connectivity index (χ1v) is 6.51. The van der Waals surface area contributed by atoms with Gasteiger partial charge in [-0.3, -0.25) is 9.59 Å². The van der Waals surface area contributed by atoms with Crippen LogP contribution in [0.4, 0.5) is 0 Å². The number of rotatable bonds is 4. The minimum Gasteiger partial charge on any atom is -0.377 e. The van der Waals surface area contributed by atoms with Gasteiger partial charge >= 0.3 is 0 Å². The van der Waals surface area contributed by atoms with Crippen LogP contribution in [-0.4, -0.2) is 55.6 Å². The Balaban J connectivity index is 2.08. The lowest BCUT2D eigenvalue weighted by Gasteiger charge is -2.36. The number of ether oxygens (including phenoxy) is 1. The molecular formula is C12H21N3O3. The summed E-state index contributed by atoms with van der Waals surface area (Å²) >= 11 is 0. The number of nitrogens with zero attached hydrogens (tertiary/aromatic N) is 1. The molecule has 6 nitrogen and oxygen atoms in total. The van der Waals surface area contributed by atoms with Gasteiger partial charge in [0.25, 0.3) is 0 Å². The van der Waals surface area contributed by atoms with Gasteiger partial charge in [0.15, 0.2) is 0 Å². The van der Waals surface area contributed by atoms with E-state index in [1.807, 2.05) is 6.92 Å². The van der Waals surface area contributed by atoms with Crippen LogP contribution in [0.5, 0.6) is 0 Å². The molecule has 2 fully saturated rings. The highest BCUT2D eigenvalue weighted by atomic mass is 16.5. The maximum Gasteiger partial charge on any atom is 0.245 e. The predicted octanol–water partition coefficient (Wildman–Crippen LogP) is -0.911. The molecule has 3 N–H and O–H groups in total. The molecule has 2 amide bonds. The first-order valence-electron chi connectivity index (χ1n) is 6.51. The fourth-order valence-corrected chi connectivity index (χ4v) is 2.32. The minimum absolute atomic E-state index is 0.0181. The molecule has 2 rings (SSSR count). The van der Waals surface area contributed by atoms with Crippen LogP contribution in [-0.2, 0) is 14.3 Å². The first kappa shape index (κ1) is 13.3. The fraction of sp³-hybridized carbons (Fsp3) is 0.833. The lowest BCUT2D eigenvalue weighted by Crippen LogP contribution is -2.58. The van der Waals surface area contributed by atoms with Crippen molar-refractivity contribution in [1.29, 1.82) is 0 Å². The van der Waals surface area contributed by atoms with Crippen molar-refractivity contribution >= 4 is 11.8 Å². The lowest BCUT2D eigenvalue weighted by molar-refractivity contribution is -0.152. The number of carbonyl (C=O) groups is 2. The van der Waals surface area contributed by atoms with E-state index < -0.39 is 11.5 Å². The van der Waals surface area contributed by atoms with Gasteiger partial charge in [-0.2, -0.15) is 0 Å². The smallest absolute Gasteiger partial charge is 0.245 e. The van der Waals surface area contributed by atoms with Crippen LogP contribution in [0.3, 0.4) is 0 Å². The summed E-state index contributed by atoms with van der Waals surface area (Å²) in [6, 6.07) is -0.504. The number of amides is 2. The number of morpholine rings is 1. The topological polar surface area (TPSA) is 84.7 Å². The van der Waals surface area contributed by atoms with E-state index in [4.69, 9.17) is 10.5 Å². The second kappa shape index (κ2) is 5.24. The lowest BCUT2D eigenvalue weighted by atomic mass is 10.0. The highest BCUT2D eigenvalue weighted by Gasteiger charge is 2.52. The van der Waals surface area contributed by atoms with Crippen molar-refractivity contribution in [3.05, 3.63) is 0 Å². The SMILES string of the molecule is CCNC(=O)C1COCCN1C(=O)C1(CN)CC1. The summed E-state index contributed by atoms with van der Waals surface area (Å²) in [5, 5.41) is 2.75. The summed E-state index contributed by atoms with van der Waals surface area (Å²) in [4.78, 5) is 26.0. The third-order valence-corrected chi connectivity index (χ3v) is 3.74. The molecule has 0 aromatic rings. The van der Waals surface area contributed by atoms with Gasteiger partial charge in [0.05, 0.1) is 18.6 Å². The summed E-state index contributed by atoms with van der Waals surface area (Å²) < 4.78 is 5.31. The van der Waals surface area contributed by atoms with Crippen molar-refractivity contribution in [1.82, 2.24) is 10.2 Å². The van der Waals surface area contributed by atoms with Crippen molar-refractivity contribution in [2.75, 3.05) is 32.8 Å². The molecular weight excluding hydrogens is 234 g/mol. The Morgan fingerprint density at radius 3 is 2.78 bits per heavy atom. The van der Waals surface area contributed by atoms with Crippen molar-refractivity contribution in [2.24, 2.45) is 11.1 Å². The second-order valence-corrected chi connectivity index (χ2v) is 4.97. The third kappa shape index (κ3) is 2.35. The number of nitrogens with two attached hydrogens (primary N) is 1. The zero-order chi connectivity index (χ0) is 13.2. The maximum atomic E-state index is 12.4. The van der Waals surface area contributed by atoms with E-state index in [0.717, 1.165) is 12.8 Å². The van der Waals surface area contributed by atoms with Crippen LogP contribution in [0, 0.1) is 5.41 Å². The molecule has 2 aliphatic rings. The van der Waals surface area contributed by atoms with E-state index in [1.54, 1.807) is 4.90 Å². The Kier molecular flexibility index (Phi) is 3.87. The molecule has 1 saturated heterocycles. The van der Waals surface area contributed by atoms with Gasteiger partial charge in [0, 0.05) is 19.6 Å². The van der Waals surface area contributed by atoms with Gasteiger partial charge in [-0.15, -0.1) is 0 Å². The molecule has 0 aromatic carbocycles. The molecule has 1 saturated carbocycles. The minimum atomic E-state index is -0.504. The summed E-state index contributed by atoms with van der Waals surface area (Å²) in [5.74, 6) is -0.122. The molecule has 0 spiro atoms. The van der Waals surface area contributed by atoms with Gasteiger partial charge in [0.1, 0.15) is 6.04 Å². The largest absolute Gasteiger partial charge is 0.377 e. The summed E-state index contributed by atoms with van der Waals surface area (Å²) in [6.45, 7) is 4.02. The third-order valence-electron chi connectivity index (χ3n) is 3.74. The maximum absolute atomic E-state index is 12.4. The fourth-order valence-electron chi connectivity index (χ4n) is 2.32. The van der Waals surface area contributed by atoms with Crippen LogP contribution in [0.25, 0.3) is 0 Å². The Bertz CT molecular complexity index is 341. The Labute approximate surface area is 107 Å². The van der Waals surface area contributed by atoms with Crippen LogP contribution in [0.1, 0.15) is 19.8 Å². The van der Waals surface area contributed by atoms with Crippen LogP contribution < -0.4 is 11.1 Å². The number of likely N-dealkylation sites (N-methyl/N-ethyl adjacent to an activating group) is 1. The molecule has 102 valence electrons. The standard InChI is InChI=1S/C12H21N3O3/c1-2-14-10(16)9-7-18-6-5-15(9)11(17)12(8-13)3-4-12/h9H,2-8,13H2,1H3,(H,14,16). The van der Waals surface area contributed by atoms with E-state index in [0.29, 0.717) is 26.2 Å². The molecule has 6 heteroatoms. The zero-order valence-corrected chi connectivity index (χ0v) is 10.8. The molecule has 0 radical (unpaired) electrons.